The van der Waals surface area contributed by atoms with Gasteiger partial charge in [0.15, 0.2) is 0 Å². The lowest BCUT2D eigenvalue weighted by molar-refractivity contribution is -0.153. The molecule has 2 aliphatic heterocycles. The molecule has 0 aromatic carbocycles. The Labute approximate surface area is 224 Å². The number of rotatable bonds is 4. The minimum atomic E-state index is -0.915. The van der Waals surface area contributed by atoms with Crippen LogP contribution in [-0.2, 0) is 28.1 Å². The van der Waals surface area contributed by atoms with Gasteiger partial charge < -0.3 is 18.5 Å². The van der Waals surface area contributed by atoms with Gasteiger partial charge in [-0.3, -0.25) is 9.59 Å². The number of cyclic esters (lactones) is 1. The fourth-order valence-corrected chi connectivity index (χ4v) is 6.74. The van der Waals surface area contributed by atoms with Gasteiger partial charge >= 0.3 is 5.97 Å². The maximum Gasteiger partial charge on any atom is 0.309 e. The van der Waals surface area contributed by atoms with E-state index < -0.39 is 23.6 Å². The Kier molecular flexibility index (Phi) is 10.7. The number of aryl methyl sites for hydroxylation is 1. The predicted octanol–water partition coefficient (Wildman–Crippen LogP) is 5.72. The Hall–Kier alpha value is -0.750. The number of hydrogen-bond donors (Lipinski definition) is 0. The van der Waals surface area contributed by atoms with Crippen LogP contribution in [0.5, 0.6) is 0 Å². The van der Waals surface area contributed by atoms with E-state index in [0.29, 0.717) is 6.42 Å². The monoisotopic (exact) mass is 557 g/mol. The van der Waals surface area contributed by atoms with E-state index in [4.69, 9.17) is 18.5 Å². The molecule has 0 radical (unpaired) electrons. The number of ether oxygens (including phenoxy) is 2. The van der Waals surface area contributed by atoms with Gasteiger partial charge in [0.1, 0.15) is 11.9 Å². The van der Waals surface area contributed by atoms with E-state index in [1.54, 1.807) is 11.3 Å². The molecule has 0 bridgehead atoms. The summed E-state index contributed by atoms with van der Waals surface area (Å²) in [6, 6.07) is 0. The maximum absolute atomic E-state index is 13.6. The van der Waals surface area contributed by atoms with Gasteiger partial charge in [-0.1, -0.05) is 34.1 Å². The summed E-state index contributed by atoms with van der Waals surface area (Å²) in [5.74, 6) is -0.559. The number of carbonyl (C=O) groups excluding carboxylic acids is 2. The minimum absolute atomic E-state index is 0.00580. The van der Waals surface area contributed by atoms with Gasteiger partial charge in [-0.2, -0.15) is 0 Å². The summed E-state index contributed by atoms with van der Waals surface area (Å²) >= 11 is 1.58. The molecule has 1 aromatic rings. The number of fused-ring (bicyclic) bond motifs is 1. The third-order valence-corrected chi connectivity index (χ3v) is 9.09. The summed E-state index contributed by atoms with van der Waals surface area (Å²) in [6.45, 7) is 11.6. The van der Waals surface area contributed by atoms with Crippen LogP contribution in [0.25, 0.3) is 6.08 Å². The number of Topliss-reactive ketones (excluding diaryl/α,β-unsaturated/α-hetero) is 1. The molecular formula is C26H41NO6P2S. The molecule has 0 N–H and O–H groups in total. The molecule has 0 spiro atoms. The first kappa shape index (κ1) is 29.8. The number of hydrogen-bond acceptors (Lipinski definition) is 8. The summed E-state index contributed by atoms with van der Waals surface area (Å²) < 4.78 is 23.3. The van der Waals surface area contributed by atoms with E-state index >= 15 is 0 Å². The van der Waals surface area contributed by atoms with Crippen molar-refractivity contribution in [2.75, 3.05) is 0 Å². The second-order valence-corrected chi connectivity index (χ2v) is 12.4. The van der Waals surface area contributed by atoms with Crippen LogP contribution in [0.1, 0.15) is 77.4 Å². The van der Waals surface area contributed by atoms with Gasteiger partial charge in [-0.25, -0.2) is 4.98 Å². The van der Waals surface area contributed by atoms with Crippen molar-refractivity contribution >= 4 is 48.1 Å². The van der Waals surface area contributed by atoms with Crippen molar-refractivity contribution in [1.82, 2.24) is 4.98 Å². The summed E-state index contributed by atoms with van der Waals surface area (Å²) in [5, 5.41) is 2.98. The zero-order valence-electron chi connectivity index (χ0n) is 22.2. The van der Waals surface area contributed by atoms with Gasteiger partial charge in [0.05, 0.1) is 47.0 Å². The number of esters is 1. The van der Waals surface area contributed by atoms with Crippen LogP contribution in [0.4, 0.5) is 0 Å². The number of nitrogens with zero attached hydrogens (tertiary/aromatic N) is 1. The molecule has 9 unspecified atom stereocenters. The lowest BCUT2D eigenvalue weighted by Crippen LogP contribution is -2.46. The highest BCUT2D eigenvalue weighted by Crippen LogP contribution is 2.38. The number of epoxide rings is 1. The van der Waals surface area contributed by atoms with Gasteiger partial charge in [0.2, 0.25) is 0 Å². The number of aromatic nitrogens is 1. The molecule has 9 atom stereocenters. The van der Waals surface area contributed by atoms with E-state index in [0.717, 1.165) is 35.5 Å². The molecule has 7 nitrogen and oxygen atoms in total. The van der Waals surface area contributed by atoms with Crippen molar-refractivity contribution in [2.45, 2.75) is 104 Å². The van der Waals surface area contributed by atoms with Crippen LogP contribution >= 0.6 is 30.3 Å². The third-order valence-electron chi connectivity index (χ3n) is 7.66. The fourth-order valence-electron chi connectivity index (χ4n) is 5.23. The van der Waals surface area contributed by atoms with E-state index in [1.807, 2.05) is 46.1 Å². The Bertz CT molecular complexity index is 951. The molecule has 3 rings (SSSR count). The standard InChI is InChI=1S/C26H41NO6P2S/c1-14-8-7-9-19-21(30-19)11-20(15(2)10-18-13-36-17(4)27-18)31-23(28)12-22(32-34)26(5,6)25(29)16(3)24(14)33-35/h10,13-14,16,19-22,24H,7-9,11-12,34-35H2,1-6H3/b15-10+. The highest BCUT2D eigenvalue weighted by Gasteiger charge is 2.45. The van der Waals surface area contributed by atoms with Crippen LogP contribution < -0.4 is 0 Å². The first-order valence-corrected chi connectivity index (χ1v) is 14.5. The van der Waals surface area contributed by atoms with Gasteiger partial charge in [0, 0.05) is 36.7 Å². The Morgan fingerprint density at radius 2 is 1.92 bits per heavy atom. The Morgan fingerprint density at radius 3 is 2.53 bits per heavy atom. The number of carbonyl (C=O) groups is 2. The molecule has 2 fully saturated rings. The summed E-state index contributed by atoms with van der Waals surface area (Å²) in [4.78, 5) is 31.3. The van der Waals surface area contributed by atoms with Crippen molar-refractivity contribution in [3.05, 3.63) is 21.7 Å². The van der Waals surface area contributed by atoms with E-state index in [9.17, 15) is 9.59 Å². The van der Waals surface area contributed by atoms with Crippen molar-refractivity contribution in [3.8, 4) is 0 Å². The summed E-state index contributed by atoms with van der Waals surface area (Å²) in [7, 11) is 4.55. The topological polar surface area (TPSA) is 87.3 Å². The van der Waals surface area contributed by atoms with Crippen LogP contribution in [0.3, 0.4) is 0 Å². The highest BCUT2D eigenvalue weighted by atomic mass is 32.1. The first-order valence-electron chi connectivity index (χ1n) is 12.7. The van der Waals surface area contributed by atoms with Crippen molar-refractivity contribution in [1.29, 1.82) is 0 Å². The molecule has 3 heterocycles. The second kappa shape index (κ2) is 12.9. The zero-order valence-corrected chi connectivity index (χ0v) is 25.3. The van der Waals surface area contributed by atoms with Gasteiger partial charge in [-0.15, -0.1) is 11.3 Å². The molecule has 36 heavy (non-hydrogen) atoms. The van der Waals surface area contributed by atoms with Crippen LogP contribution in [-0.4, -0.2) is 47.3 Å². The molecule has 0 amide bonds. The minimum Gasteiger partial charge on any atom is -0.458 e. The third kappa shape index (κ3) is 7.42. The van der Waals surface area contributed by atoms with Crippen molar-refractivity contribution in [2.24, 2.45) is 17.3 Å². The number of ketones is 1. The summed E-state index contributed by atoms with van der Waals surface area (Å²) in [6.07, 6.45) is 4.28. The number of thiazole rings is 1. The average Bonchev–Trinajstić information content (AvgIpc) is 3.43. The van der Waals surface area contributed by atoms with Crippen molar-refractivity contribution in [3.63, 3.8) is 0 Å². The molecule has 0 saturated carbocycles. The fraction of sp³-hybridized carbons (Fsp3) is 0.731. The largest absolute Gasteiger partial charge is 0.458 e. The molecule has 2 saturated heterocycles. The highest BCUT2D eigenvalue weighted by molar-refractivity contribution is 7.10. The van der Waals surface area contributed by atoms with E-state index in [2.05, 4.69) is 30.8 Å². The molecule has 1 aromatic heterocycles. The van der Waals surface area contributed by atoms with Crippen LogP contribution in [0.15, 0.2) is 11.0 Å². The smallest absolute Gasteiger partial charge is 0.309 e. The molecule has 10 heteroatoms. The molecular weight excluding hydrogens is 516 g/mol. The van der Waals surface area contributed by atoms with E-state index in [-0.39, 0.29) is 42.4 Å². The normalized spacial score (nSPS) is 34.7. The first-order chi connectivity index (χ1) is 17.0. The zero-order chi connectivity index (χ0) is 26.6. The van der Waals surface area contributed by atoms with E-state index in [1.165, 1.54) is 0 Å². The van der Waals surface area contributed by atoms with Crippen LogP contribution in [0, 0.1) is 24.2 Å². The van der Waals surface area contributed by atoms with Crippen LogP contribution in [0.2, 0.25) is 0 Å². The lowest BCUT2D eigenvalue weighted by Gasteiger charge is -2.37. The maximum atomic E-state index is 13.6. The quantitative estimate of drug-likeness (QED) is 0.266. The lowest BCUT2D eigenvalue weighted by atomic mass is 9.73. The average molecular weight is 558 g/mol. The second-order valence-electron chi connectivity index (χ2n) is 10.8. The molecule has 0 aliphatic carbocycles. The Balaban J connectivity index is 1.86. The van der Waals surface area contributed by atoms with Crippen molar-refractivity contribution < 1.29 is 28.1 Å². The molecule has 202 valence electrons. The predicted molar refractivity (Wildman–Crippen MR) is 148 cm³/mol. The Morgan fingerprint density at radius 1 is 1.19 bits per heavy atom. The van der Waals surface area contributed by atoms with Gasteiger partial charge in [0.25, 0.3) is 0 Å². The van der Waals surface area contributed by atoms with Gasteiger partial charge in [-0.05, 0) is 44.3 Å². The SMILES string of the molecule is C/C(=C\c1csc(C)n1)C1CC2OC2CCCC(C)C(OP)C(C)C(=O)C(C)(C)C(OP)CC(=O)O1. The molecule has 2 aliphatic rings. The summed E-state index contributed by atoms with van der Waals surface area (Å²) in [5.41, 5.74) is 0.866.